The summed E-state index contributed by atoms with van der Waals surface area (Å²) in [6.45, 7) is 0. The molecule has 0 aromatic carbocycles. The molecule has 0 aliphatic rings. The number of halogens is 3. The first kappa shape index (κ1) is 13.7. The zero-order chi connectivity index (χ0) is 13.1. The SMILES string of the molecule is COc1nc(OC)c(SC(F)(F)F)c(OC)n1. The van der Waals surface area contributed by atoms with Gasteiger partial charge in [-0.2, -0.15) is 23.1 Å². The second-order valence-corrected chi connectivity index (χ2v) is 3.68. The number of ether oxygens (including phenoxy) is 3. The quantitative estimate of drug-likeness (QED) is 0.781. The Hall–Kier alpha value is -1.38. The molecule has 1 aromatic heterocycles. The van der Waals surface area contributed by atoms with Crippen LogP contribution in [0.1, 0.15) is 0 Å². The summed E-state index contributed by atoms with van der Waals surface area (Å²) in [5.41, 5.74) is -4.49. The van der Waals surface area contributed by atoms with Gasteiger partial charge in [0.2, 0.25) is 11.8 Å². The predicted molar refractivity (Wildman–Crippen MR) is 53.6 cm³/mol. The molecule has 0 fully saturated rings. The van der Waals surface area contributed by atoms with Crippen molar-refractivity contribution >= 4 is 11.8 Å². The number of aromatic nitrogens is 2. The van der Waals surface area contributed by atoms with Crippen molar-refractivity contribution in [3.63, 3.8) is 0 Å². The number of thioether (sulfide) groups is 1. The van der Waals surface area contributed by atoms with Gasteiger partial charge in [0.15, 0.2) is 0 Å². The molecular formula is C8H9F3N2O3S. The molecule has 0 aliphatic heterocycles. The molecule has 96 valence electrons. The Bertz CT molecular complexity index is 375. The highest BCUT2D eigenvalue weighted by molar-refractivity contribution is 8.00. The summed E-state index contributed by atoms with van der Waals surface area (Å²) in [4.78, 5) is 6.95. The molecule has 5 nitrogen and oxygen atoms in total. The Labute approximate surface area is 99.3 Å². The molecule has 0 amide bonds. The third-order valence-corrected chi connectivity index (χ3v) is 2.35. The second-order valence-electron chi connectivity index (χ2n) is 2.61. The highest BCUT2D eigenvalue weighted by Gasteiger charge is 2.34. The lowest BCUT2D eigenvalue weighted by Crippen LogP contribution is -2.05. The van der Waals surface area contributed by atoms with Gasteiger partial charge in [-0.3, -0.25) is 0 Å². The van der Waals surface area contributed by atoms with E-state index in [2.05, 4.69) is 9.97 Å². The normalized spacial score (nSPS) is 11.2. The fourth-order valence-electron chi connectivity index (χ4n) is 0.963. The minimum atomic E-state index is -4.49. The summed E-state index contributed by atoms with van der Waals surface area (Å²) >= 11 is -0.408. The number of hydrogen-bond donors (Lipinski definition) is 0. The Kier molecular flexibility index (Phi) is 4.27. The Morgan fingerprint density at radius 1 is 0.941 bits per heavy atom. The lowest BCUT2D eigenvalue weighted by atomic mass is 10.6. The van der Waals surface area contributed by atoms with Crippen LogP contribution in [0.15, 0.2) is 4.90 Å². The highest BCUT2D eigenvalue weighted by Crippen LogP contribution is 2.45. The Balaban J connectivity index is 3.24. The molecule has 0 spiro atoms. The molecule has 0 unspecified atom stereocenters. The molecule has 0 radical (unpaired) electrons. The topological polar surface area (TPSA) is 53.5 Å². The van der Waals surface area contributed by atoms with Crippen LogP contribution in [0.2, 0.25) is 0 Å². The number of nitrogens with zero attached hydrogens (tertiary/aromatic N) is 2. The van der Waals surface area contributed by atoms with Crippen molar-refractivity contribution in [2.45, 2.75) is 10.4 Å². The molecule has 0 N–H and O–H groups in total. The van der Waals surface area contributed by atoms with Crippen molar-refractivity contribution in [2.24, 2.45) is 0 Å². The third kappa shape index (κ3) is 3.55. The smallest absolute Gasteiger partial charge is 0.446 e. The molecule has 1 rings (SSSR count). The predicted octanol–water partition coefficient (Wildman–Crippen LogP) is 2.11. The number of hydrogen-bond acceptors (Lipinski definition) is 6. The van der Waals surface area contributed by atoms with Gasteiger partial charge >= 0.3 is 11.5 Å². The number of methoxy groups -OCH3 is 3. The van der Waals surface area contributed by atoms with Crippen LogP contribution in [-0.4, -0.2) is 36.8 Å². The van der Waals surface area contributed by atoms with Crippen LogP contribution < -0.4 is 14.2 Å². The molecule has 0 atom stereocenters. The standard InChI is InChI=1S/C8H9F3N2O3S/c1-14-5-4(17-8(9,10)11)6(15-2)13-7(12-5)16-3/h1-3H3. The molecule has 0 aliphatic carbocycles. The molecule has 0 saturated heterocycles. The Morgan fingerprint density at radius 2 is 1.41 bits per heavy atom. The van der Waals surface area contributed by atoms with Crippen molar-refractivity contribution in [1.82, 2.24) is 9.97 Å². The maximum atomic E-state index is 12.3. The summed E-state index contributed by atoms with van der Waals surface area (Å²) in [6.07, 6.45) is 0. The lowest BCUT2D eigenvalue weighted by molar-refractivity contribution is -0.0330. The van der Waals surface area contributed by atoms with E-state index in [9.17, 15) is 13.2 Å². The van der Waals surface area contributed by atoms with Crippen molar-refractivity contribution < 1.29 is 27.4 Å². The molecular weight excluding hydrogens is 261 g/mol. The zero-order valence-electron chi connectivity index (χ0n) is 9.16. The average molecular weight is 270 g/mol. The average Bonchev–Trinajstić information content (AvgIpc) is 2.27. The third-order valence-electron chi connectivity index (χ3n) is 1.57. The van der Waals surface area contributed by atoms with Gasteiger partial charge in [-0.1, -0.05) is 0 Å². The van der Waals surface area contributed by atoms with Gasteiger partial charge in [-0.25, -0.2) is 0 Å². The largest absolute Gasteiger partial charge is 0.480 e. The molecule has 9 heteroatoms. The van der Waals surface area contributed by atoms with Gasteiger partial charge in [0.1, 0.15) is 4.90 Å². The van der Waals surface area contributed by atoms with Crippen LogP contribution in [0.4, 0.5) is 13.2 Å². The van der Waals surface area contributed by atoms with Crippen LogP contribution >= 0.6 is 11.8 Å². The fourth-order valence-corrected chi connectivity index (χ4v) is 1.63. The van der Waals surface area contributed by atoms with Crippen LogP contribution in [0, 0.1) is 0 Å². The van der Waals surface area contributed by atoms with E-state index in [4.69, 9.17) is 14.2 Å². The zero-order valence-corrected chi connectivity index (χ0v) is 9.98. The van der Waals surface area contributed by atoms with Gasteiger partial charge in [-0.15, -0.1) is 0 Å². The van der Waals surface area contributed by atoms with Crippen molar-refractivity contribution in [3.05, 3.63) is 0 Å². The van der Waals surface area contributed by atoms with Crippen molar-refractivity contribution in [1.29, 1.82) is 0 Å². The maximum Gasteiger partial charge on any atom is 0.446 e. The van der Waals surface area contributed by atoms with E-state index in [1.54, 1.807) is 0 Å². The van der Waals surface area contributed by atoms with Crippen LogP contribution in [-0.2, 0) is 0 Å². The van der Waals surface area contributed by atoms with Crippen LogP contribution in [0.25, 0.3) is 0 Å². The van der Waals surface area contributed by atoms with Crippen LogP contribution in [0.5, 0.6) is 17.8 Å². The van der Waals surface area contributed by atoms with E-state index >= 15 is 0 Å². The van der Waals surface area contributed by atoms with Crippen LogP contribution in [0.3, 0.4) is 0 Å². The van der Waals surface area contributed by atoms with E-state index in [-0.39, 0.29) is 22.7 Å². The number of alkyl halides is 3. The van der Waals surface area contributed by atoms with Gasteiger partial charge in [0.05, 0.1) is 21.3 Å². The van der Waals surface area contributed by atoms with E-state index in [1.165, 1.54) is 21.3 Å². The van der Waals surface area contributed by atoms with Gasteiger partial charge in [0, 0.05) is 0 Å². The first-order valence-electron chi connectivity index (χ1n) is 4.21. The lowest BCUT2D eigenvalue weighted by Gasteiger charge is -2.13. The van der Waals surface area contributed by atoms with Crippen molar-refractivity contribution in [3.8, 4) is 17.8 Å². The van der Waals surface area contributed by atoms with E-state index in [0.29, 0.717) is 0 Å². The van der Waals surface area contributed by atoms with Crippen molar-refractivity contribution in [2.75, 3.05) is 21.3 Å². The molecule has 17 heavy (non-hydrogen) atoms. The maximum absolute atomic E-state index is 12.3. The van der Waals surface area contributed by atoms with E-state index < -0.39 is 17.3 Å². The summed E-state index contributed by atoms with van der Waals surface area (Å²) in [6, 6.07) is -0.134. The minimum Gasteiger partial charge on any atom is -0.480 e. The Morgan fingerprint density at radius 3 is 1.71 bits per heavy atom. The van der Waals surface area contributed by atoms with E-state index in [0.717, 1.165) is 0 Å². The highest BCUT2D eigenvalue weighted by atomic mass is 32.2. The second kappa shape index (κ2) is 5.30. The number of rotatable bonds is 4. The van der Waals surface area contributed by atoms with Gasteiger partial charge < -0.3 is 14.2 Å². The molecule has 1 heterocycles. The molecule has 1 aromatic rings. The first-order chi connectivity index (χ1) is 7.91. The fraction of sp³-hybridized carbons (Fsp3) is 0.500. The van der Waals surface area contributed by atoms with E-state index in [1.807, 2.05) is 0 Å². The molecule has 0 saturated carbocycles. The summed E-state index contributed by atoms with van der Waals surface area (Å²) < 4.78 is 51.2. The monoisotopic (exact) mass is 270 g/mol. The molecule has 0 bridgehead atoms. The van der Waals surface area contributed by atoms with Gasteiger partial charge in [-0.05, 0) is 11.8 Å². The minimum absolute atomic E-state index is 0.134. The summed E-state index contributed by atoms with van der Waals surface area (Å²) in [5.74, 6) is -0.507. The summed E-state index contributed by atoms with van der Waals surface area (Å²) in [5, 5.41) is 0. The van der Waals surface area contributed by atoms with Gasteiger partial charge in [0.25, 0.3) is 0 Å². The summed E-state index contributed by atoms with van der Waals surface area (Å²) in [7, 11) is 3.67. The first-order valence-corrected chi connectivity index (χ1v) is 5.02.